The van der Waals surface area contributed by atoms with Crippen molar-refractivity contribution in [2.75, 3.05) is 12.4 Å². The average molecular weight is 290 g/mol. The van der Waals surface area contributed by atoms with Gasteiger partial charge in [0, 0.05) is 24.0 Å². The monoisotopic (exact) mass is 289 g/mol. The van der Waals surface area contributed by atoms with Crippen LogP contribution in [0.4, 0.5) is 4.39 Å². The molecule has 1 heterocycles. The van der Waals surface area contributed by atoms with Crippen molar-refractivity contribution >= 4 is 23.2 Å². The van der Waals surface area contributed by atoms with Crippen molar-refractivity contribution in [1.82, 2.24) is 4.90 Å². The fourth-order valence-electron chi connectivity index (χ4n) is 2.51. The molecule has 1 aromatic carbocycles. The SMILES string of the molecule is Fc1c(Cl)cccc1CN1CCCCCC1CCl. The van der Waals surface area contributed by atoms with Crippen LogP contribution in [0.2, 0.25) is 5.02 Å². The van der Waals surface area contributed by atoms with Gasteiger partial charge in [0.1, 0.15) is 5.82 Å². The van der Waals surface area contributed by atoms with Crippen LogP contribution in [-0.4, -0.2) is 23.4 Å². The second-order valence-electron chi connectivity index (χ2n) is 4.84. The standard InChI is InChI=1S/C14H18Cl2FN/c15-9-12-6-2-1-3-8-18(12)10-11-5-4-7-13(16)14(11)17/h4-5,7,12H,1-3,6,8-10H2. The Labute approximate surface area is 118 Å². The topological polar surface area (TPSA) is 3.24 Å². The third kappa shape index (κ3) is 3.37. The van der Waals surface area contributed by atoms with Gasteiger partial charge in [0.25, 0.3) is 0 Å². The number of rotatable bonds is 3. The lowest BCUT2D eigenvalue weighted by molar-refractivity contribution is 0.205. The molecule has 1 aliphatic heterocycles. The first-order valence-electron chi connectivity index (χ1n) is 6.45. The molecule has 1 aliphatic rings. The Morgan fingerprint density at radius 2 is 2.11 bits per heavy atom. The van der Waals surface area contributed by atoms with Crippen LogP contribution in [0.5, 0.6) is 0 Å². The van der Waals surface area contributed by atoms with Gasteiger partial charge in [-0.05, 0) is 25.5 Å². The smallest absolute Gasteiger partial charge is 0.146 e. The van der Waals surface area contributed by atoms with Crippen LogP contribution in [0.3, 0.4) is 0 Å². The lowest BCUT2D eigenvalue weighted by Gasteiger charge is -2.28. The fourth-order valence-corrected chi connectivity index (χ4v) is 3.05. The van der Waals surface area contributed by atoms with E-state index in [2.05, 4.69) is 4.90 Å². The number of benzene rings is 1. The number of nitrogens with zero attached hydrogens (tertiary/aromatic N) is 1. The number of hydrogen-bond donors (Lipinski definition) is 0. The normalized spacial score (nSPS) is 21.8. The highest BCUT2D eigenvalue weighted by atomic mass is 35.5. The van der Waals surface area contributed by atoms with Gasteiger partial charge in [-0.25, -0.2) is 4.39 Å². The van der Waals surface area contributed by atoms with Gasteiger partial charge >= 0.3 is 0 Å². The van der Waals surface area contributed by atoms with Crippen molar-refractivity contribution in [3.63, 3.8) is 0 Å². The predicted octanol–water partition coefficient (Wildman–Crippen LogP) is 4.46. The Morgan fingerprint density at radius 3 is 2.89 bits per heavy atom. The second kappa shape index (κ2) is 6.74. The first kappa shape index (κ1) is 14.1. The van der Waals surface area contributed by atoms with Gasteiger partial charge in [-0.3, -0.25) is 4.90 Å². The number of alkyl halides is 1. The summed E-state index contributed by atoms with van der Waals surface area (Å²) in [5.74, 6) is 0.319. The molecule has 1 fully saturated rings. The van der Waals surface area contributed by atoms with Crippen LogP contribution in [-0.2, 0) is 6.54 Å². The minimum Gasteiger partial charge on any atom is -0.295 e. The van der Waals surface area contributed by atoms with E-state index >= 15 is 0 Å². The van der Waals surface area contributed by atoms with Crippen LogP contribution in [0.25, 0.3) is 0 Å². The van der Waals surface area contributed by atoms with Gasteiger partial charge in [-0.2, -0.15) is 0 Å². The first-order chi connectivity index (χ1) is 8.72. The minimum atomic E-state index is -0.295. The van der Waals surface area contributed by atoms with E-state index in [-0.39, 0.29) is 10.8 Å². The summed E-state index contributed by atoms with van der Waals surface area (Å²) in [6, 6.07) is 5.54. The molecule has 0 bridgehead atoms. The molecule has 4 heteroatoms. The summed E-state index contributed by atoms with van der Waals surface area (Å²) in [5, 5.41) is 0.199. The van der Waals surface area contributed by atoms with E-state index in [4.69, 9.17) is 23.2 Å². The zero-order chi connectivity index (χ0) is 13.0. The molecule has 1 saturated heterocycles. The molecule has 0 N–H and O–H groups in total. The van der Waals surface area contributed by atoms with Gasteiger partial charge in [-0.1, -0.05) is 36.6 Å². The van der Waals surface area contributed by atoms with Crippen molar-refractivity contribution in [1.29, 1.82) is 0 Å². The summed E-state index contributed by atoms with van der Waals surface area (Å²) in [7, 11) is 0. The largest absolute Gasteiger partial charge is 0.295 e. The molecular weight excluding hydrogens is 272 g/mol. The van der Waals surface area contributed by atoms with Crippen LogP contribution in [0, 0.1) is 5.82 Å². The molecule has 2 rings (SSSR count). The van der Waals surface area contributed by atoms with Crippen molar-refractivity contribution in [3.8, 4) is 0 Å². The third-order valence-corrected chi connectivity index (χ3v) is 4.23. The molecule has 0 saturated carbocycles. The maximum Gasteiger partial charge on any atom is 0.146 e. The number of halogens is 3. The Kier molecular flexibility index (Phi) is 5.28. The summed E-state index contributed by atoms with van der Waals surface area (Å²) in [6.07, 6.45) is 4.72. The van der Waals surface area contributed by atoms with Crippen LogP contribution >= 0.6 is 23.2 Å². The highest BCUT2D eigenvalue weighted by Gasteiger charge is 2.21. The average Bonchev–Trinajstić information content (AvgIpc) is 2.60. The second-order valence-corrected chi connectivity index (χ2v) is 5.56. The van der Waals surface area contributed by atoms with Gasteiger partial charge < -0.3 is 0 Å². The van der Waals surface area contributed by atoms with Crippen molar-refractivity contribution in [2.45, 2.75) is 38.3 Å². The molecule has 1 aromatic rings. The van der Waals surface area contributed by atoms with Crippen LogP contribution in [0.15, 0.2) is 18.2 Å². The van der Waals surface area contributed by atoms with Crippen molar-refractivity contribution in [2.24, 2.45) is 0 Å². The lowest BCUT2D eigenvalue weighted by atomic mass is 10.1. The maximum atomic E-state index is 13.9. The van der Waals surface area contributed by atoms with Crippen molar-refractivity contribution in [3.05, 3.63) is 34.6 Å². The van der Waals surface area contributed by atoms with E-state index in [1.54, 1.807) is 18.2 Å². The summed E-state index contributed by atoms with van der Waals surface area (Å²) < 4.78 is 13.9. The van der Waals surface area contributed by atoms with E-state index in [0.29, 0.717) is 24.0 Å². The molecule has 0 amide bonds. The molecule has 0 aromatic heterocycles. The minimum absolute atomic E-state index is 0.199. The molecule has 100 valence electrons. The number of hydrogen-bond acceptors (Lipinski definition) is 1. The Bertz CT molecular complexity index is 397. The number of likely N-dealkylation sites (tertiary alicyclic amines) is 1. The van der Waals surface area contributed by atoms with Gasteiger partial charge in [-0.15, -0.1) is 11.6 Å². The third-order valence-electron chi connectivity index (χ3n) is 3.58. The fraction of sp³-hybridized carbons (Fsp3) is 0.571. The van der Waals surface area contributed by atoms with E-state index in [1.165, 1.54) is 12.8 Å². The summed E-state index contributed by atoms with van der Waals surface area (Å²) in [5.41, 5.74) is 0.666. The lowest BCUT2D eigenvalue weighted by Crippen LogP contribution is -2.35. The Balaban J connectivity index is 2.12. The van der Waals surface area contributed by atoms with Crippen LogP contribution < -0.4 is 0 Å². The quantitative estimate of drug-likeness (QED) is 0.743. The van der Waals surface area contributed by atoms with Gasteiger partial charge in [0.15, 0.2) is 0 Å². The molecule has 0 aliphatic carbocycles. The Hall–Kier alpha value is -0.310. The molecular formula is C14H18Cl2FN. The molecule has 1 nitrogen and oxygen atoms in total. The zero-order valence-electron chi connectivity index (χ0n) is 10.3. The predicted molar refractivity (Wildman–Crippen MR) is 74.8 cm³/mol. The molecule has 1 unspecified atom stereocenters. The maximum absolute atomic E-state index is 13.9. The van der Waals surface area contributed by atoms with Crippen molar-refractivity contribution < 1.29 is 4.39 Å². The molecule has 1 atom stereocenters. The molecule has 0 spiro atoms. The summed E-state index contributed by atoms with van der Waals surface area (Å²) in [4.78, 5) is 2.29. The zero-order valence-corrected chi connectivity index (χ0v) is 11.9. The highest BCUT2D eigenvalue weighted by molar-refractivity contribution is 6.30. The van der Waals surface area contributed by atoms with E-state index in [0.717, 1.165) is 19.4 Å². The molecule has 0 radical (unpaired) electrons. The van der Waals surface area contributed by atoms with E-state index in [9.17, 15) is 4.39 Å². The van der Waals surface area contributed by atoms with Gasteiger partial charge in [0.2, 0.25) is 0 Å². The van der Waals surface area contributed by atoms with Gasteiger partial charge in [0.05, 0.1) is 5.02 Å². The van der Waals surface area contributed by atoms with E-state index in [1.807, 2.05) is 0 Å². The first-order valence-corrected chi connectivity index (χ1v) is 7.36. The van der Waals surface area contributed by atoms with E-state index < -0.39 is 0 Å². The van der Waals surface area contributed by atoms with Crippen LogP contribution in [0.1, 0.15) is 31.2 Å². The summed E-state index contributed by atoms with van der Waals surface area (Å²) in [6.45, 7) is 1.59. The Morgan fingerprint density at radius 1 is 1.28 bits per heavy atom. The molecule has 18 heavy (non-hydrogen) atoms. The summed E-state index contributed by atoms with van der Waals surface area (Å²) >= 11 is 11.8. The highest BCUT2D eigenvalue weighted by Crippen LogP contribution is 2.23.